The van der Waals surface area contributed by atoms with Crippen molar-refractivity contribution in [1.82, 2.24) is 20.4 Å². The summed E-state index contributed by atoms with van der Waals surface area (Å²) in [7, 11) is 4.42. The summed E-state index contributed by atoms with van der Waals surface area (Å²) in [5.74, 6) is -1.58. The first-order chi connectivity index (χ1) is 13.9. The van der Waals surface area contributed by atoms with Crippen LogP contribution < -0.4 is 27.8 Å². The number of primary amides is 1. The molecule has 1 aromatic carbocycles. The van der Waals surface area contributed by atoms with Gasteiger partial charge in [0.15, 0.2) is 0 Å². The Hall–Kier alpha value is -3.24. The van der Waals surface area contributed by atoms with Crippen molar-refractivity contribution in [3.63, 3.8) is 0 Å². The van der Waals surface area contributed by atoms with Crippen LogP contribution in [0.3, 0.4) is 0 Å². The highest BCUT2D eigenvalue weighted by Gasteiger charge is 2.22. The number of aromatic nitrogens is 2. The zero-order valence-corrected chi connectivity index (χ0v) is 17.3. The van der Waals surface area contributed by atoms with Gasteiger partial charge < -0.3 is 27.8 Å². The highest BCUT2D eigenvalue weighted by Crippen LogP contribution is 2.18. The SMILES string of the molecule is CN.CN.CNC(=O)[C@H](CC(N)=O)NC(=O)Cn1nc(-c2ccccc2)cc1C. The van der Waals surface area contributed by atoms with Crippen molar-refractivity contribution >= 4 is 17.7 Å². The molecule has 0 aliphatic heterocycles. The molecule has 0 fully saturated rings. The Balaban J connectivity index is 0.00000184. The number of nitrogens with two attached hydrogens (primary N) is 3. The van der Waals surface area contributed by atoms with E-state index in [0.29, 0.717) is 0 Å². The van der Waals surface area contributed by atoms with Crippen LogP contribution in [0, 0.1) is 6.92 Å². The third-order valence-corrected chi connectivity index (χ3v) is 3.65. The van der Waals surface area contributed by atoms with Gasteiger partial charge in [-0.25, -0.2) is 0 Å². The number of hydrogen-bond donors (Lipinski definition) is 5. The van der Waals surface area contributed by atoms with Crippen LogP contribution in [0.4, 0.5) is 0 Å². The first-order valence-electron chi connectivity index (χ1n) is 8.95. The van der Waals surface area contributed by atoms with Gasteiger partial charge in [-0.15, -0.1) is 0 Å². The minimum absolute atomic E-state index is 0.0646. The van der Waals surface area contributed by atoms with E-state index in [1.807, 2.05) is 43.3 Å². The summed E-state index contributed by atoms with van der Waals surface area (Å²) in [6.07, 6.45) is -0.265. The second-order valence-electron chi connectivity index (χ2n) is 5.60. The van der Waals surface area contributed by atoms with Crippen LogP contribution in [0.25, 0.3) is 11.3 Å². The Morgan fingerprint density at radius 3 is 2.21 bits per heavy atom. The molecule has 0 saturated heterocycles. The first-order valence-corrected chi connectivity index (χ1v) is 8.95. The van der Waals surface area contributed by atoms with Gasteiger partial charge in [-0.05, 0) is 27.1 Å². The molecule has 3 amide bonds. The molecule has 160 valence electrons. The highest BCUT2D eigenvalue weighted by atomic mass is 16.2. The molecule has 29 heavy (non-hydrogen) atoms. The van der Waals surface area contributed by atoms with Crippen molar-refractivity contribution in [3.05, 3.63) is 42.1 Å². The number of aryl methyl sites for hydroxylation is 1. The van der Waals surface area contributed by atoms with Gasteiger partial charge in [-0.1, -0.05) is 30.3 Å². The summed E-state index contributed by atoms with van der Waals surface area (Å²) in [4.78, 5) is 35.0. The van der Waals surface area contributed by atoms with Gasteiger partial charge in [0, 0.05) is 18.3 Å². The van der Waals surface area contributed by atoms with E-state index >= 15 is 0 Å². The zero-order chi connectivity index (χ0) is 22.4. The topological polar surface area (TPSA) is 171 Å². The Morgan fingerprint density at radius 1 is 1.10 bits per heavy atom. The van der Waals surface area contributed by atoms with E-state index in [4.69, 9.17) is 5.73 Å². The van der Waals surface area contributed by atoms with E-state index in [1.165, 1.54) is 21.1 Å². The number of likely N-dealkylation sites (N-methyl/N-ethyl adjacent to an activating group) is 1. The fraction of sp³-hybridized carbons (Fsp3) is 0.368. The maximum Gasteiger partial charge on any atom is 0.242 e. The third-order valence-electron chi connectivity index (χ3n) is 3.65. The number of carbonyl (C=O) groups is 3. The lowest BCUT2D eigenvalue weighted by atomic mass is 10.1. The average molecular weight is 406 g/mol. The van der Waals surface area contributed by atoms with Gasteiger partial charge in [0.25, 0.3) is 0 Å². The van der Waals surface area contributed by atoms with Gasteiger partial charge in [-0.2, -0.15) is 5.10 Å². The maximum absolute atomic E-state index is 12.2. The molecule has 0 bridgehead atoms. The quantitative estimate of drug-likeness (QED) is 0.400. The van der Waals surface area contributed by atoms with E-state index in [-0.39, 0.29) is 13.0 Å². The summed E-state index contributed by atoms with van der Waals surface area (Å²) < 4.78 is 1.54. The standard InChI is InChI=1S/C17H21N5O3.2CH5N/c1-11-8-13(12-6-4-3-5-7-12)21-22(11)10-16(24)20-14(9-15(18)23)17(25)19-2;2*1-2/h3-8,14H,9-10H2,1-2H3,(H2,18,23)(H,19,25)(H,20,24);2*2H2,1H3/t14-;;/m0../s1. The highest BCUT2D eigenvalue weighted by molar-refractivity contribution is 5.91. The predicted octanol–water partition coefficient (Wildman–Crippen LogP) is -0.885. The molecule has 0 aliphatic carbocycles. The zero-order valence-electron chi connectivity index (χ0n) is 17.3. The van der Waals surface area contributed by atoms with Crippen LogP contribution in [-0.4, -0.2) is 54.7 Å². The van der Waals surface area contributed by atoms with Gasteiger partial charge in [0.1, 0.15) is 12.6 Å². The Labute approximate surface area is 170 Å². The van der Waals surface area contributed by atoms with Gasteiger partial charge in [0.05, 0.1) is 12.1 Å². The second kappa shape index (κ2) is 13.9. The summed E-state index contributed by atoms with van der Waals surface area (Å²) in [6, 6.07) is 10.5. The molecule has 2 rings (SSSR count). The van der Waals surface area contributed by atoms with Crippen LogP contribution >= 0.6 is 0 Å². The fourth-order valence-corrected chi connectivity index (χ4v) is 2.38. The van der Waals surface area contributed by atoms with Crippen molar-refractivity contribution in [1.29, 1.82) is 0 Å². The summed E-state index contributed by atoms with van der Waals surface area (Å²) in [6.45, 7) is 1.78. The van der Waals surface area contributed by atoms with Crippen LogP contribution in [0.1, 0.15) is 12.1 Å². The van der Waals surface area contributed by atoms with E-state index in [2.05, 4.69) is 27.2 Å². The predicted molar refractivity (Wildman–Crippen MR) is 112 cm³/mol. The molecular formula is C19H31N7O3. The minimum atomic E-state index is -1.00. The molecule has 0 saturated carbocycles. The average Bonchev–Trinajstić information content (AvgIpc) is 3.10. The molecule has 10 heteroatoms. The molecule has 1 aromatic heterocycles. The van der Waals surface area contributed by atoms with E-state index in [1.54, 1.807) is 4.68 Å². The number of nitrogens with one attached hydrogen (secondary N) is 2. The van der Waals surface area contributed by atoms with Gasteiger partial charge in [-0.3, -0.25) is 19.1 Å². The molecule has 1 heterocycles. The summed E-state index contributed by atoms with van der Waals surface area (Å²) >= 11 is 0. The molecule has 0 spiro atoms. The molecule has 1 atom stereocenters. The lowest BCUT2D eigenvalue weighted by Gasteiger charge is -2.16. The van der Waals surface area contributed by atoms with Crippen LogP contribution in [0.15, 0.2) is 36.4 Å². The molecular weight excluding hydrogens is 374 g/mol. The number of carbonyl (C=O) groups excluding carboxylic acids is 3. The Bertz CT molecular complexity index is 775. The smallest absolute Gasteiger partial charge is 0.242 e. The maximum atomic E-state index is 12.2. The molecule has 0 radical (unpaired) electrons. The molecule has 0 unspecified atom stereocenters. The molecule has 0 aliphatic rings. The third kappa shape index (κ3) is 8.54. The van der Waals surface area contributed by atoms with E-state index < -0.39 is 23.8 Å². The van der Waals surface area contributed by atoms with Crippen LogP contribution in [-0.2, 0) is 20.9 Å². The summed E-state index contributed by atoms with van der Waals surface area (Å²) in [5.41, 5.74) is 16.6. The number of hydrogen-bond acceptors (Lipinski definition) is 6. The van der Waals surface area contributed by atoms with Gasteiger partial charge >= 0.3 is 0 Å². The van der Waals surface area contributed by atoms with Crippen molar-refractivity contribution < 1.29 is 14.4 Å². The fourth-order valence-electron chi connectivity index (χ4n) is 2.38. The normalized spacial score (nSPS) is 10.4. The largest absolute Gasteiger partial charge is 0.370 e. The van der Waals surface area contributed by atoms with E-state index in [0.717, 1.165) is 17.0 Å². The van der Waals surface area contributed by atoms with E-state index in [9.17, 15) is 14.4 Å². The number of rotatable bonds is 7. The number of nitrogens with zero attached hydrogens (tertiary/aromatic N) is 2. The second-order valence-corrected chi connectivity index (χ2v) is 5.60. The molecule has 2 aromatic rings. The van der Waals surface area contributed by atoms with Crippen molar-refractivity contribution in [3.8, 4) is 11.3 Å². The first kappa shape index (κ1) is 25.8. The Kier molecular flexibility index (Phi) is 12.3. The minimum Gasteiger partial charge on any atom is -0.370 e. The van der Waals surface area contributed by atoms with Crippen LogP contribution in [0.2, 0.25) is 0 Å². The molecule has 8 N–H and O–H groups in total. The monoisotopic (exact) mass is 405 g/mol. The van der Waals surface area contributed by atoms with Crippen LogP contribution in [0.5, 0.6) is 0 Å². The lowest BCUT2D eigenvalue weighted by molar-refractivity contribution is -0.131. The molecule has 10 nitrogen and oxygen atoms in total. The summed E-state index contributed by atoms with van der Waals surface area (Å²) in [5, 5.41) is 9.32. The number of amides is 3. The van der Waals surface area contributed by atoms with Crippen molar-refractivity contribution in [2.45, 2.75) is 25.9 Å². The Morgan fingerprint density at radius 2 is 1.69 bits per heavy atom. The van der Waals surface area contributed by atoms with Crippen molar-refractivity contribution in [2.75, 3.05) is 21.1 Å². The van der Waals surface area contributed by atoms with Gasteiger partial charge in [0.2, 0.25) is 17.7 Å². The van der Waals surface area contributed by atoms with Crippen molar-refractivity contribution in [2.24, 2.45) is 17.2 Å². The number of benzene rings is 1. The lowest BCUT2D eigenvalue weighted by Crippen LogP contribution is -2.48.